The molecule has 2 rings (SSSR count). The van der Waals surface area contributed by atoms with Crippen LogP contribution < -0.4 is 16.6 Å². The molecule has 1 aliphatic rings. The predicted octanol–water partition coefficient (Wildman–Crippen LogP) is -0.461. The molecule has 4 N–H and O–H groups in total. The van der Waals surface area contributed by atoms with Crippen molar-refractivity contribution in [1.29, 1.82) is 0 Å². The average molecular weight is 262 g/mol. The molecule has 0 spiro atoms. The van der Waals surface area contributed by atoms with Crippen molar-refractivity contribution >= 4 is 11.8 Å². The second-order valence-electron chi connectivity index (χ2n) is 4.50. The Morgan fingerprint density at radius 1 is 1.37 bits per heavy atom. The minimum absolute atomic E-state index is 0.0664. The van der Waals surface area contributed by atoms with E-state index in [1.165, 1.54) is 0 Å². The van der Waals surface area contributed by atoms with E-state index in [2.05, 4.69) is 10.7 Å². The number of nitrogens with one attached hydrogen (secondary N) is 2. The highest BCUT2D eigenvalue weighted by atomic mass is 16.2. The summed E-state index contributed by atoms with van der Waals surface area (Å²) in [6.07, 6.45) is 0.812. The lowest BCUT2D eigenvalue weighted by molar-refractivity contribution is -0.128. The number of benzene rings is 1. The van der Waals surface area contributed by atoms with Crippen molar-refractivity contribution in [3.05, 3.63) is 35.9 Å². The van der Waals surface area contributed by atoms with Gasteiger partial charge in [-0.1, -0.05) is 30.3 Å². The summed E-state index contributed by atoms with van der Waals surface area (Å²) in [7, 11) is 0. The van der Waals surface area contributed by atoms with E-state index in [1.54, 1.807) is 0 Å². The van der Waals surface area contributed by atoms with Gasteiger partial charge in [-0.2, -0.15) is 0 Å². The second-order valence-corrected chi connectivity index (χ2v) is 4.50. The Bertz CT molecular complexity index is 449. The van der Waals surface area contributed by atoms with E-state index in [0.717, 1.165) is 12.0 Å². The predicted molar refractivity (Wildman–Crippen MR) is 70.7 cm³/mol. The highest BCUT2D eigenvalue weighted by molar-refractivity contribution is 5.84. The number of carbonyl (C=O) groups is 2. The summed E-state index contributed by atoms with van der Waals surface area (Å²) in [6.45, 7) is 1.51. The number of rotatable bonds is 3. The molecule has 1 aliphatic heterocycles. The third-order valence-corrected chi connectivity index (χ3v) is 3.16. The Kier molecular flexibility index (Phi) is 4.48. The average Bonchev–Trinajstić information content (AvgIpc) is 2.65. The van der Waals surface area contributed by atoms with Gasteiger partial charge in [-0.25, -0.2) is 5.84 Å². The van der Waals surface area contributed by atoms with E-state index in [4.69, 9.17) is 5.84 Å². The van der Waals surface area contributed by atoms with Crippen LogP contribution in [0.5, 0.6) is 0 Å². The van der Waals surface area contributed by atoms with Gasteiger partial charge in [0.25, 0.3) is 5.91 Å². The van der Waals surface area contributed by atoms with Gasteiger partial charge < -0.3 is 5.32 Å². The van der Waals surface area contributed by atoms with Gasteiger partial charge in [-0.3, -0.25) is 19.9 Å². The number of hydrazine groups is 1. The molecule has 19 heavy (non-hydrogen) atoms. The first-order chi connectivity index (χ1) is 9.22. The van der Waals surface area contributed by atoms with Crippen molar-refractivity contribution in [3.63, 3.8) is 0 Å². The largest absolute Gasteiger partial charge is 0.355 e. The molecule has 1 fully saturated rings. The van der Waals surface area contributed by atoms with Gasteiger partial charge in [0.1, 0.15) is 6.04 Å². The van der Waals surface area contributed by atoms with Gasteiger partial charge in [0, 0.05) is 13.1 Å². The first-order valence-electron chi connectivity index (χ1n) is 6.28. The van der Waals surface area contributed by atoms with Crippen molar-refractivity contribution in [3.8, 4) is 0 Å². The van der Waals surface area contributed by atoms with E-state index in [1.807, 2.05) is 35.2 Å². The van der Waals surface area contributed by atoms with Gasteiger partial charge in [0.15, 0.2) is 0 Å². The third-order valence-electron chi connectivity index (χ3n) is 3.16. The minimum atomic E-state index is -0.532. The normalized spacial score (nSPS) is 18.3. The Hall–Kier alpha value is -1.92. The number of nitrogens with zero attached hydrogens (tertiary/aromatic N) is 1. The van der Waals surface area contributed by atoms with Crippen LogP contribution in [0.4, 0.5) is 0 Å². The van der Waals surface area contributed by atoms with Crippen LogP contribution in [0, 0.1) is 0 Å². The third kappa shape index (κ3) is 3.30. The summed E-state index contributed by atoms with van der Waals surface area (Å²) in [5.41, 5.74) is 3.02. The standard InChI is InChI=1S/C13H18N4O2/c14-16-13(19)12(10-5-2-1-3-6-10)17-8-4-7-15-11(18)9-17/h1-3,5-6,12H,4,7-9,14H2,(H,15,18)(H,16,19). The van der Waals surface area contributed by atoms with Crippen molar-refractivity contribution in [2.24, 2.45) is 5.84 Å². The highest BCUT2D eigenvalue weighted by Gasteiger charge is 2.29. The van der Waals surface area contributed by atoms with E-state index in [-0.39, 0.29) is 18.4 Å². The Morgan fingerprint density at radius 3 is 2.79 bits per heavy atom. The number of carbonyl (C=O) groups excluding carboxylic acids is 2. The molecule has 0 aliphatic carbocycles. The van der Waals surface area contributed by atoms with Crippen LogP contribution >= 0.6 is 0 Å². The number of amides is 2. The summed E-state index contributed by atoms with van der Waals surface area (Å²) in [6, 6.07) is 8.81. The molecule has 2 amide bonds. The molecular formula is C13H18N4O2. The molecule has 102 valence electrons. The van der Waals surface area contributed by atoms with E-state index >= 15 is 0 Å². The molecular weight excluding hydrogens is 244 g/mol. The number of nitrogens with two attached hydrogens (primary N) is 1. The molecule has 0 aromatic heterocycles. The lowest BCUT2D eigenvalue weighted by Crippen LogP contribution is -2.45. The molecule has 1 heterocycles. The van der Waals surface area contributed by atoms with Gasteiger partial charge in [-0.05, 0) is 12.0 Å². The molecule has 0 radical (unpaired) electrons. The Balaban J connectivity index is 2.27. The zero-order valence-electron chi connectivity index (χ0n) is 10.6. The zero-order valence-corrected chi connectivity index (χ0v) is 10.6. The van der Waals surface area contributed by atoms with Gasteiger partial charge in [0.05, 0.1) is 6.54 Å². The van der Waals surface area contributed by atoms with Crippen LogP contribution in [-0.4, -0.2) is 36.3 Å². The second kappa shape index (κ2) is 6.31. The number of hydrogen-bond acceptors (Lipinski definition) is 4. The summed E-state index contributed by atoms with van der Waals surface area (Å²) in [4.78, 5) is 25.5. The van der Waals surface area contributed by atoms with Crippen LogP contribution in [0.15, 0.2) is 30.3 Å². The molecule has 0 saturated carbocycles. The first-order valence-corrected chi connectivity index (χ1v) is 6.28. The molecule has 6 nitrogen and oxygen atoms in total. The van der Waals surface area contributed by atoms with Crippen molar-refractivity contribution < 1.29 is 9.59 Å². The van der Waals surface area contributed by atoms with Crippen LogP contribution in [0.3, 0.4) is 0 Å². The molecule has 6 heteroatoms. The fourth-order valence-corrected chi connectivity index (χ4v) is 2.29. The maximum Gasteiger partial charge on any atom is 0.255 e. The lowest BCUT2D eigenvalue weighted by atomic mass is 10.0. The maximum atomic E-state index is 12.0. The highest BCUT2D eigenvalue weighted by Crippen LogP contribution is 2.21. The van der Waals surface area contributed by atoms with Crippen LogP contribution in [0.1, 0.15) is 18.0 Å². The minimum Gasteiger partial charge on any atom is -0.355 e. The molecule has 1 saturated heterocycles. The van der Waals surface area contributed by atoms with Gasteiger partial charge >= 0.3 is 0 Å². The van der Waals surface area contributed by atoms with Crippen molar-refractivity contribution in [2.45, 2.75) is 12.5 Å². The van der Waals surface area contributed by atoms with Crippen molar-refractivity contribution in [2.75, 3.05) is 19.6 Å². The summed E-state index contributed by atoms with van der Waals surface area (Å²) in [5.74, 6) is 4.89. The zero-order chi connectivity index (χ0) is 13.7. The SMILES string of the molecule is NNC(=O)C(c1ccccc1)N1CCCNC(=O)C1. The molecule has 1 aromatic carbocycles. The van der Waals surface area contributed by atoms with E-state index in [0.29, 0.717) is 13.1 Å². The Labute approximate surface area is 111 Å². The monoisotopic (exact) mass is 262 g/mol. The van der Waals surface area contributed by atoms with E-state index < -0.39 is 6.04 Å². The quantitative estimate of drug-likeness (QED) is 0.391. The van der Waals surface area contributed by atoms with Crippen LogP contribution in [0.25, 0.3) is 0 Å². The molecule has 1 unspecified atom stereocenters. The Morgan fingerprint density at radius 2 is 2.11 bits per heavy atom. The smallest absolute Gasteiger partial charge is 0.255 e. The molecule has 1 aromatic rings. The number of hydrogen-bond donors (Lipinski definition) is 3. The van der Waals surface area contributed by atoms with Gasteiger partial charge in [-0.15, -0.1) is 0 Å². The molecule has 1 atom stereocenters. The van der Waals surface area contributed by atoms with Gasteiger partial charge in [0.2, 0.25) is 5.91 Å². The maximum absolute atomic E-state index is 12.0. The first kappa shape index (κ1) is 13.5. The summed E-state index contributed by atoms with van der Waals surface area (Å²) < 4.78 is 0. The topological polar surface area (TPSA) is 87.5 Å². The summed E-state index contributed by atoms with van der Waals surface area (Å²) >= 11 is 0. The van der Waals surface area contributed by atoms with Crippen molar-refractivity contribution in [1.82, 2.24) is 15.6 Å². The van der Waals surface area contributed by atoms with E-state index in [9.17, 15) is 9.59 Å². The van der Waals surface area contributed by atoms with Crippen LogP contribution in [-0.2, 0) is 9.59 Å². The summed E-state index contributed by atoms with van der Waals surface area (Å²) in [5, 5.41) is 2.79. The fourth-order valence-electron chi connectivity index (χ4n) is 2.29. The fraction of sp³-hybridized carbons (Fsp3) is 0.385. The lowest BCUT2D eigenvalue weighted by Gasteiger charge is -2.28. The molecule has 0 bridgehead atoms. The van der Waals surface area contributed by atoms with Crippen LogP contribution in [0.2, 0.25) is 0 Å².